The van der Waals surface area contributed by atoms with Gasteiger partial charge in [-0.1, -0.05) is 18.2 Å². The fourth-order valence-corrected chi connectivity index (χ4v) is 2.80. The molecule has 29 heavy (non-hydrogen) atoms. The van der Waals surface area contributed by atoms with Crippen molar-refractivity contribution in [1.29, 1.82) is 0 Å². The molecule has 0 bridgehead atoms. The minimum absolute atomic E-state index is 0.147. The van der Waals surface area contributed by atoms with Crippen molar-refractivity contribution in [3.05, 3.63) is 59.7 Å². The fraction of sp³-hybridized carbons (Fsp3) is 0.318. The molecule has 2 aromatic carbocycles. The quantitative estimate of drug-likeness (QED) is 0.657. The van der Waals surface area contributed by atoms with E-state index in [9.17, 15) is 14.4 Å². The van der Waals surface area contributed by atoms with E-state index in [2.05, 4.69) is 5.32 Å². The molecule has 0 aromatic heterocycles. The van der Waals surface area contributed by atoms with Gasteiger partial charge in [-0.3, -0.25) is 9.59 Å². The van der Waals surface area contributed by atoms with Crippen LogP contribution in [-0.4, -0.2) is 38.0 Å². The molecule has 0 unspecified atom stereocenters. The third-order valence-corrected chi connectivity index (χ3v) is 4.30. The van der Waals surface area contributed by atoms with Gasteiger partial charge in [0.1, 0.15) is 5.75 Å². The van der Waals surface area contributed by atoms with Crippen molar-refractivity contribution in [2.75, 3.05) is 25.2 Å². The second-order valence-corrected chi connectivity index (χ2v) is 6.28. The van der Waals surface area contributed by atoms with Gasteiger partial charge in [0.25, 0.3) is 0 Å². The fourth-order valence-electron chi connectivity index (χ4n) is 2.80. The summed E-state index contributed by atoms with van der Waals surface area (Å²) in [5.74, 6) is -0.0688. The number of carbonyl (C=O) groups excluding carboxylic acids is 3. The number of benzene rings is 2. The summed E-state index contributed by atoms with van der Waals surface area (Å²) in [6.07, 6.45) is 0.147. The molecule has 0 aliphatic heterocycles. The molecular weight excluding hydrogens is 372 g/mol. The second-order valence-electron chi connectivity index (χ2n) is 6.28. The number of rotatable bonds is 9. The molecule has 2 amide bonds. The van der Waals surface area contributed by atoms with Gasteiger partial charge < -0.3 is 19.7 Å². The van der Waals surface area contributed by atoms with Gasteiger partial charge in [0.05, 0.1) is 19.3 Å². The number of ether oxygens (including phenoxy) is 2. The molecule has 0 aliphatic carbocycles. The molecule has 2 aromatic rings. The van der Waals surface area contributed by atoms with Gasteiger partial charge in [-0.2, -0.15) is 0 Å². The zero-order valence-corrected chi connectivity index (χ0v) is 16.9. The number of anilines is 1. The predicted octanol–water partition coefficient (Wildman–Crippen LogP) is 2.93. The average Bonchev–Trinajstić information content (AvgIpc) is 2.73. The summed E-state index contributed by atoms with van der Waals surface area (Å²) >= 11 is 0. The zero-order valence-electron chi connectivity index (χ0n) is 16.9. The van der Waals surface area contributed by atoms with Gasteiger partial charge in [-0.15, -0.1) is 0 Å². The summed E-state index contributed by atoms with van der Waals surface area (Å²) < 4.78 is 10.2. The van der Waals surface area contributed by atoms with Crippen molar-refractivity contribution in [1.82, 2.24) is 5.32 Å². The van der Waals surface area contributed by atoms with E-state index in [0.717, 1.165) is 5.56 Å². The molecule has 154 valence electrons. The van der Waals surface area contributed by atoms with E-state index in [1.807, 2.05) is 24.3 Å². The molecule has 0 radical (unpaired) electrons. The molecule has 0 saturated heterocycles. The van der Waals surface area contributed by atoms with Crippen LogP contribution in [0.2, 0.25) is 0 Å². The summed E-state index contributed by atoms with van der Waals surface area (Å²) in [5.41, 5.74) is 1.90. The van der Waals surface area contributed by atoms with Crippen molar-refractivity contribution in [3.63, 3.8) is 0 Å². The van der Waals surface area contributed by atoms with Crippen LogP contribution < -0.4 is 15.0 Å². The van der Waals surface area contributed by atoms with Gasteiger partial charge in [-0.25, -0.2) is 4.79 Å². The highest BCUT2D eigenvalue weighted by Gasteiger charge is 2.15. The summed E-state index contributed by atoms with van der Waals surface area (Å²) in [6.45, 7) is 4.04. The highest BCUT2D eigenvalue weighted by molar-refractivity contribution is 5.94. The van der Waals surface area contributed by atoms with E-state index in [-0.39, 0.29) is 24.8 Å². The Labute approximate surface area is 170 Å². The van der Waals surface area contributed by atoms with Crippen LogP contribution in [0.1, 0.15) is 36.2 Å². The number of nitrogens with zero attached hydrogens (tertiary/aromatic N) is 1. The Bertz CT molecular complexity index is 849. The Hall–Kier alpha value is -3.35. The first-order valence-corrected chi connectivity index (χ1v) is 9.40. The van der Waals surface area contributed by atoms with Crippen LogP contribution in [0.15, 0.2) is 48.5 Å². The Morgan fingerprint density at radius 3 is 2.34 bits per heavy atom. The normalized spacial score (nSPS) is 10.2. The van der Waals surface area contributed by atoms with Gasteiger partial charge in [0, 0.05) is 37.7 Å². The molecule has 7 heteroatoms. The first-order valence-electron chi connectivity index (χ1n) is 9.40. The van der Waals surface area contributed by atoms with E-state index in [1.165, 1.54) is 11.8 Å². The number of hydrogen-bond acceptors (Lipinski definition) is 5. The minimum atomic E-state index is -0.413. The molecule has 0 spiro atoms. The summed E-state index contributed by atoms with van der Waals surface area (Å²) in [5, 5.41) is 2.84. The van der Waals surface area contributed by atoms with Crippen LogP contribution in [0.3, 0.4) is 0 Å². The van der Waals surface area contributed by atoms with Crippen LogP contribution in [0, 0.1) is 0 Å². The minimum Gasteiger partial charge on any atom is -0.496 e. The van der Waals surface area contributed by atoms with Crippen molar-refractivity contribution in [3.8, 4) is 5.75 Å². The summed E-state index contributed by atoms with van der Waals surface area (Å²) in [6, 6.07) is 14.0. The lowest BCUT2D eigenvalue weighted by Gasteiger charge is -2.21. The molecule has 0 saturated carbocycles. The summed E-state index contributed by atoms with van der Waals surface area (Å²) in [7, 11) is 1.58. The van der Waals surface area contributed by atoms with Gasteiger partial charge in [0.15, 0.2) is 0 Å². The monoisotopic (exact) mass is 398 g/mol. The molecule has 0 fully saturated rings. The Morgan fingerprint density at radius 1 is 1.03 bits per heavy atom. The van der Waals surface area contributed by atoms with Crippen molar-refractivity contribution >= 4 is 23.5 Å². The van der Waals surface area contributed by atoms with Crippen LogP contribution in [0.4, 0.5) is 5.69 Å². The van der Waals surface area contributed by atoms with Crippen LogP contribution in [0.25, 0.3) is 0 Å². The molecule has 0 heterocycles. The second kappa shape index (κ2) is 10.8. The zero-order chi connectivity index (χ0) is 21.2. The van der Waals surface area contributed by atoms with E-state index in [4.69, 9.17) is 9.47 Å². The largest absolute Gasteiger partial charge is 0.496 e. The van der Waals surface area contributed by atoms with Crippen LogP contribution in [-0.2, 0) is 20.9 Å². The summed E-state index contributed by atoms with van der Waals surface area (Å²) in [4.78, 5) is 37.5. The number of hydrogen-bond donors (Lipinski definition) is 1. The Balaban J connectivity index is 1.94. The maximum absolute atomic E-state index is 12.2. The van der Waals surface area contributed by atoms with Gasteiger partial charge in [0.2, 0.25) is 11.8 Å². The smallest absolute Gasteiger partial charge is 0.338 e. The molecule has 0 atom stereocenters. The van der Waals surface area contributed by atoms with Gasteiger partial charge in [-0.05, 0) is 37.3 Å². The van der Waals surface area contributed by atoms with Crippen molar-refractivity contribution < 1.29 is 23.9 Å². The number of amides is 2. The molecule has 0 aliphatic rings. The molecule has 2 rings (SSSR count). The number of carbonyl (C=O) groups is 3. The highest BCUT2D eigenvalue weighted by Crippen LogP contribution is 2.18. The van der Waals surface area contributed by atoms with Crippen LogP contribution >= 0.6 is 0 Å². The predicted molar refractivity (Wildman–Crippen MR) is 110 cm³/mol. The average molecular weight is 398 g/mol. The Kier molecular flexibility index (Phi) is 8.21. The van der Waals surface area contributed by atoms with Crippen molar-refractivity contribution in [2.24, 2.45) is 0 Å². The molecular formula is C22H26N2O5. The van der Waals surface area contributed by atoms with E-state index in [0.29, 0.717) is 30.2 Å². The lowest BCUT2D eigenvalue weighted by molar-refractivity contribution is -0.121. The molecule has 1 N–H and O–H groups in total. The Morgan fingerprint density at radius 2 is 1.72 bits per heavy atom. The third-order valence-electron chi connectivity index (χ3n) is 4.30. The third kappa shape index (κ3) is 6.34. The topological polar surface area (TPSA) is 84.9 Å². The molecule has 7 nitrogen and oxygen atoms in total. The van der Waals surface area contributed by atoms with E-state index in [1.54, 1.807) is 38.3 Å². The highest BCUT2D eigenvalue weighted by atomic mass is 16.5. The van der Waals surface area contributed by atoms with E-state index >= 15 is 0 Å². The van der Waals surface area contributed by atoms with Gasteiger partial charge >= 0.3 is 5.97 Å². The standard InChI is InChI=1S/C22H26N2O5/c1-4-29-22(27)17-9-11-19(12-10-17)24(16(2)25)14-13-21(26)23-15-18-7-5-6-8-20(18)28-3/h5-12H,4,13-15H2,1-3H3,(H,23,26). The number of para-hydroxylation sites is 1. The number of esters is 1. The maximum atomic E-state index is 12.2. The van der Waals surface area contributed by atoms with Crippen LogP contribution in [0.5, 0.6) is 5.75 Å². The number of nitrogens with one attached hydrogen (secondary N) is 1. The van der Waals surface area contributed by atoms with Crippen molar-refractivity contribution in [2.45, 2.75) is 26.8 Å². The lowest BCUT2D eigenvalue weighted by Crippen LogP contribution is -2.33. The first-order chi connectivity index (χ1) is 14.0. The first kappa shape index (κ1) is 21.9. The van der Waals surface area contributed by atoms with E-state index < -0.39 is 5.97 Å². The lowest BCUT2D eigenvalue weighted by atomic mass is 10.2. The number of methoxy groups -OCH3 is 1. The maximum Gasteiger partial charge on any atom is 0.338 e. The SMILES string of the molecule is CCOC(=O)c1ccc(N(CCC(=O)NCc2ccccc2OC)C(C)=O)cc1.